The molecule has 116 valence electrons. The van der Waals surface area contributed by atoms with Crippen LogP contribution in [0.4, 0.5) is 0 Å². The Kier molecular flexibility index (Phi) is 5.04. The molecule has 2 heterocycles. The van der Waals surface area contributed by atoms with E-state index in [0.717, 1.165) is 26.1 Å². The predicted octanol–water partition coefficient (Wildman–Crippen LogP) is -0.555. The van der Waals surface area contributed by atoms with Crippen molar-refractivity contribution in [2.45, 2.75) is 37.8 Å². The van der Waals surface area contributed by atoms with Crippen molar-refractivity contribution in [3.05, 3.63) is 0 Å². The van der Waals surface area contributed by atoms with Gasteiger partial charge in [-0.05, 0) is 25.8 Å². The number of carbonyl (C=O) groups is 1. The fourth-order valence-electron chi connectivity index (χ4n) is 3.06. The molecule has 2 fully saturated rings. The zero-order valence-electron chi connectivity index (χ0n) is 12.1. The van der Waals surface area contributed by atoms with Crippen LogP contribution in [0.2, 0.25) is 0 Å². The summed E-state index contributed by atoms with van der Waals surface area (Å²) in [5.74, 6) is -0.123. The molecule has 7 heteroatoms. The van der Waals surface area contributed by atoms with Gasteiger partial charge in [-0.15, -0.1) is 0 Å². The molecule has 0 aromatic rings. The molecule has 2 N–H and O–H groups in total. The van der Waals surface area contributed by atoms with Gasteiger partial charge in [0, 0.05) is 31.9 Å². The topological polar surface area (TPSA) is 83.7 Å². The summed E-state index contributed by atoms with van der Waals surface area (Å²) < 4.78 is 22.3. The third kappa shape index (κ3) is 4.17. The van der Waals surface area contributed by atoms with Gasteiger partial charge in [-0.3, -0.25) is 9.69 Å². The van der Waals surface area contributed by atoms with Gasteiger partial charge in [-0.2, -0.15) is 0 Å². The molecule has 1 amide bonds. The quantitative estimate of drug-likeness (QED) is 0.753. The molecule has 0 aromatic heterocycles. The first-order valence-electron chi connectivity index (χ1n) is 7.33. The minimum absolute atomic E-state index is 0.0245. The fourth-order valence-corrected chi connectivity index (χ4v) is 3.74. The first-order valence-corrected chi connectivity index (χ1v) is 9.39. The highest BCUT2D eigenvalue weighted by atomic mass is 32.2. The average molecular weight is 303 g/mol. The Morgan fingerprint density at radius 1 is 1.30 bits per heavy atom. The average Bonchev–Trinajstić information content (AvgIpc) is 2.42. The second-order valence-electron chi connectivity index (χ2n) is 5.99. The van der Waals surface area contributed by atoms with Gasteiger partial charge in [0.2, 0.25) is 5.91 Å². The van der Waals surface area contributed by atoms with Gasteiger partial charge in [-0.25, -0.2) is 8.42 Å². The number of sulfone groups is 1. The van der Waals surface area contributed by atoms with Crippen LogP contribution < -0.4 is 5.73 Å². The molecule has 6 nitrogen and oxygen atoms in total. The summed E-state index contributed by atoms with van der Waals surface area (Å²) in [6.07, 6.45) is 5.00. The van der Waals surface area contributed by atoms with E-state index in [0.29, 0.717) is 12.6 Å². The monoisotopic (exact) mass is 303 g/mol. The Balaban J connectivity index is 1.86. The van der Waals surface area contributed by atoms with Crippen molar-refractivity contribution in [2.24, 2.45) is 5.73 Å². The molecule has 0 saturated carbocycles. The molecule has 0 spiro atoms. The van der Waals surface area contributed by atoms with Crippen molar-refractivity contribution < 1.29 is 13.2 Å². The van der Waals surface area contributed by atoms with E-state index >= 15 is 0 Å². The number of hydrogen-bond acceptors (Lipinski definition) is 5. The van der Waals surface area contributed by atoms with Crippen LogP contribution in [-0.4, -0.2) is 74.4 Å². The molecule has 20 heavy (non-hydrogen) atoms. The molecule has 2 atom stereocenters. The van der Waals surface area contributed by atoms with Crippen LogP contribution in [0.5, 0.6) is 0 Å². The van der Waals surface area contributed by atoms with Crippen molar-refractivity contribution in [2.75, 3.05) is 38.2 Å². The van der Waals surface area contributed by atoms with E-state index in [9.17, 15) is 13.2 Å². The first-order chi connectivity index (χ1) is 9.37. The number of rotatable bonds is 4. The standard InChI is InChI=1S/C13H25N3O3S/c1-20(18,19)9-5-12(14)13(17)16-8-7-15-6-3-2-4-11(15)10-16/h11-12H,2-10,14H2,1H3. The second kappa shape index (κ2) is 6.41. The number of nitrogens with zero attached hydrogens (tertiary/aromatic N) is 2. The zero-order chi connectivity index (χ0) is 14.8. The predicted molar refractivity (Wildman–Crippen MR) is 78.1 cm³/mol. The van der Waals surface area contributed by atoms with Crippen LogP contribution >= 0.6 is 0 Å². The van der Waals surface area contributed by atoms with Crippen molar-refractivity contribution in [3.8, 4) is 0 Å². The highest BCUT2D eigenvalue weighted by Crippen LogP contribution is 2.21. The summed E-state index contributed by atoms with van der Waals surface area (Å²) in [6.45, 7) is 3.50. The van der Waals surface area contributed by atoms with E-state index in [-0.39, 0.29) is 18.1 Å². The Morgan fingerprint density at radius 3 is 2.75 bits per heavy atom. The largest absolute Gasteiger partial charge is 0.338 e. The molecule has 0 radical (unpaired) electrons. The minimum atomic E-state index is -3.06. The molecule has 2 aliphatic heterocycles. The Morgan fingerprint density at radius 2 is 2.05 bits per heavy atom. The maximum Gasteiger partial charge on any atom is 0.239 e. The van der Waals surface area contributed by atoms with Gasteiger partial charge in [0.1, 0.15) is 9.84 Å². The van der Waals surface area contributed by atoms with Crippen LogP contribution in [-0.2, 0) is 14.6 Å². The van der Waals surface area contributed by atoms with Crippen molar-refractivity contribution in [1.82, 2.24) is 9.80 Å². The van der Waals surface area contributed by atoms with Gasteiger partial charge in [0.05, 0.1) is 11.8 Å². The van der Waals surface area contributed by atoms with Crippen molar-refractivity contribution in [3.63, 3.8) is 0 Å². The highest BCUT2D eigenvalue weighted by molar-refractivity contribution is 7.90. The van der Waals surface area contributed by atoms with Crippen molar-refractivity contribution >= 4 is 15.7 Å². The van der Waals surface area contributed by atoms with Crippen LogP contribution in [0.3, 0.4) is 0 Å². The smallest absolute Gasteiger partial charge is 0.239 e. The minimum Gasteiger partial charge on any atom is -0.338 e. The summed E-state index contributed by atoms with van der Waals surface area (Å²) in [5, 5.41) is 0. The Labute approximate surface area is 121 Å². The van der Waals surface area contributed by atoms with Gasteiger partial charge < -0.3 is 10.6 Å². The van der Waals surface area contributed by atoms with Gasteiger partial charge in [0.15, 0.2) is 0 Å². The third-order valence-electron chi connectivity index (χ3n) is 4.27. The number of carbonyl (C=O) groups excluding carboxylic acids is 1. The van der Waals surface area contributed by atoms with Gasteiger partial charge >= 0.3 is 0 Å². The lowest BCUT2D eigenvalue weighted by Crippen LogP contribution is -2.58. The normalized spacial score (nSPS) is 26.1. The SMILES string of the molecule is CS(=O)(=O)CCC(N)C(=O)N1CCN2CCCCC2C1. The molecule has 2 rings (SSSR count). The lowest BCUT2D eigenvalue weighted by atomic mass is 9.99. The van der Waals surface area contributed by atoms with E-state index < -0.39 is 15.9 Å². The lowest BCUT2D eigenvalue weighted by molar-refractivity contribution is -0.136. The van der Waals surface area contributed by atoms with E-state index in [1.54, 1.807) is 0 Å². The maximum atomic E-state index is 12.3. The van der Waals surface area contributed by atoms with E-state index in [2.05, 4.69) is 4.90 Å². The number of hydrogen-bond donors (Lipinski definition) is 1. The Bertz CT molecular complexity index is 452. The number of piperazine rings is 1. The molecule has 0 bridgehead atoms. The molecule has 2 aliphatic rings. The summed E-state index contributed by atoms with van der Waals surface area (Å²) in [4.78, 5) is 16.5. The van der Waals surface area contributed by atoms with Crippen LogP contribution in [0.1, 0.15) is 25.7 Å². The van der Waals surface area contributed by atoms with Crippen molar-refractivity contribution in [1.29, 1.82) is 0 Å². The highest BCUT2D eigenvalue weighted by Gasteiger charge is 2.32. The van der Waals surface area contributed by atoms with E-state index in [4.69, 9.17) is 5.73 Å². The summed E-state index contributed by atoms with van der Waals surface area (Å²) in [7, 11) is -3.06. The first kappa shape index (κ1) is 15.7. The maximum absolute atomic E-state index is 12.3. The zero-order valence-corrected chi connectivity index (χ0v) is 12.9. The van der Waals surface area contributed by atoms with Gasteiger partial charge in [0.25, 0.3) is 0 Å². The number of piperidine rings is 1. The lowest BCUT2D eigenvalue weighted by Gasteiger charge is -2.44. The number of amides is 1. The number of nitrogens with two attached hydrogens (primary N) is 1. The molecule has 2 saturated heterocycles. The van der Waals surface area contributed by atoms with Crippen LogP contribution in [0.15, 0.2) is 0 Å². The van der Waals surface area contributed by atoms with E-state index in [1.165, 1.54) is 19.1 Å². The molecule has 0 aromatic carbocycles. The molecular weight excluding hydrogens is 278 g/mol. The van der Waals surface area contributed by atoms with E-state index in [1.807, 2.05) is 4.90 Å². The van der Waals surface area contributed by atoms with Gasteiger partial charge in [-0.1, -0.05) is 6.42 Å². The molecule has 2 unspecified atom stereocenters. The second-order valence-corrected chi connectivity index (χ2v) is 8.25. The van der Waals surface area contributed by atoms with Crippen LogP contribution in [0.25, 0.3) is 0 Å². The Hall–Kier alpha value is -0.660. The number of fused-ring (bicyclic) bond motifs is 1. The van der Waals surface area contributed by atoms with Crippen LogP contribution in [0, 0.1) is 0 Å². The summed E-state index contributed by atoms with van der Waals surface area (Å²) in [5.41, 5.74) is 5.85. The molecule has 0 aliphatic carbocycles. The molecular formula is C13H25N3O3S. The fraction of sp³-hybridized carbons (Fsp3) is 0.923. The third-order valence-corrected chi connectivity index (χ3v) is 5.24. The summed E-state index contributed by atoms with van der Waals surface area (Å²) in [6, 6.07) is -0.233. The summed E-state index contributed by atoms with van der Waals surface area (Å²) >= 11 is 0.